The summed E-state index contributed by atoms with van der Waals surface area (Å²) >= 11 is 0. The molecule has 1 aliphatic rings. The third-order valence-electron chi connectivity index (χ3n) is 4.24. The Balaban J connectivity index is 2.27. The summed E-state index contributed by atoms with van der Waals surface area (Å²) in [5, 5.41) is 0. The predicted octanol–water partition coefficient (Wildman–Crippen LogP) is 3.56. The van der Waals surface area contributed by atoms with Crippen molar-refractivity contribution in [3.63, 3.8) is 0 Å². The van der Waals surface area contributed by atoms with E-state index in [0.717, 1.165) is 26.2 Å². The Bertz CT molecular complexity index is 227. The highest BCUT2D eigenvalue weighted by atomic mass is 28.4. The second-order valence-corrected chi connectivity index (χ2v) is 13.7. The van der Waals surface area contributed by atoms with Gasteiger partial charge >= 0.3 is 0 Å². The van der Waals surface area contributed by atoms with Gasteiger partial charge in [-0.2, -0.15) is 0 Å². The summed E-state index contributed by atoms with van der Waals surface area (Å²) in [6, 6.07) is 6.36. The third-order valence-corrected chi connectivity index (χ3v) is 13.2. The Morgan fingerprint density at radius 1 is 1.16 bits per heavy atom. The zero-order valence-electron chi connectivity index (χ0n) is 13.2. The summed E-state index contributed by atoms with van der Waals surface area (Å²) in [4.78, 5) is 0. The van der Waals surface area contributed by atoms with Crippen LogP contribution in [0.15, 0.2) is 0 Å². The standard InChI is InChI=1S/C14H32O3Si2/c1-5-18(6-2)17-19(7-3,8-4)11-9-10-15-12-14-13-16-14/h14,18H,5-13H2,1-4H3. The fourth-order valence-corrected chi connectivity index (χ4v) is 11.1. The molecule has 1 atom stereocenters. The molecule has 1 aliphatic heterocycles. The SMILES string of the molecule is CC[SiH](CC)O[Si](CC)(CC)CCCOCC1CO1. The summed E-state index contributed by atoms with van der Waals surface area (Å²) < 4.78 is 17.5. The average molecular weight is 305 g/mol. The minimum atomic E-state index is -1.46. The third kappa shape index (κ3) is 6.53. The first-order valence-corrected chi connectivity index (χ1v) is 12.7. The maximum absolute atomic E-state index is 6.67. The Labute approximate surface area is 121 Å². The van der Waals surface area contributed by atoms with Crippen LogP contribution >= 0.6 is 0 Å². The number of hydrogen-bond acceptors (Lipinski definition) is 3. The first-order chi connectivity index (χ1) is 9.19. The van der Waals surface area contributed by atoms with Gasteiger partial charge in [0, 0.05) is 6.61 Å². The minimum absolute atomic E-state index is 0.396. The molecule has 0 aliphatic carbocycles. The number of epoxide rings is 1. The summed E-state index contributed by atoms with van der Waals surface area (Å²) in [7, 11) is -2.38. The van der Waals surface area contributed by atoms with Crippen molar-refractivity contribution in [3.8, 4) is 0 Å². The molecular weight excluding hydrogens is 272 g/mol. The van der Waals surface area contributed by atoms with Crippen molar-refractivity contribution in [3.05, 3.63) is 0 Å². The lowest BCUT2D eigenvalue weighted by Crippen LogP contribution is -2.42. The van der Waals surface area contributed by atoms with Gasteiger partial charge in [0.25, 0.3) is 0 Å². The molecule has 0 N–H and O–H groups in total. The number of ether oxygens (including phenoxy) is 2. The predicted molar refractivity (Wildman–Crippen MR) is 85.9 cm³/mol. The summed E-state index contributed by atoms with van der Waals surface area (Å²) in [5.41, 5.74) is 0. The average Bonchev–Trinajstić information content (AvgIpc) is 3.26. The van der Waals surface area contributed by atoms with Crippen molar-refractivity contribution in [1.82, 2.24) is 0 Å². The second kappa shape index (κ2) is 9.29. The van der Waals surface area contributed by atoms with Gasteiger partial charge in [-0.05, 0) is 36.6 Å². The molecule has 1 heterocycles. The zero-order valence-corrected chi connectivity index (χ0v) is 15.4. The van der Waals surface area contributed by atoms with Crippen molar-refractivity contribution in [2.24, 2.45) is 0 Å². The molecule has 0 aromatic carbocycles. The van der Waals surface area contributed by atoms with E-state index in [1.807, 2.05) is 0 Å². The summed E-state index contributed by atoms with van der Waals surface area (Å²) in [6.45, 7) is 11.8. The molecule has 0 spiro atoms. The van der Waals surface area contributed by atoms with Gasteiger partial charge in [-0.1, -0.05) is 27.7 Å². The molecule has 1 rings (SSSR count). The molecular formula is C14H32O3Si2. The van der Waals surface area contributed by atoms with Crippen LogP contribution in [0.4, 0.5) is 0 Å². The van der Waals surface area contributed by atoms with Crippen LogP contribution in [0, 0.1) is 0 Å². The van der Waals surface area contributed by atoms with E-state index in [0.29, 0.717) is 6.10 Å². The normalized spacial score (nSPS) is 19.1. The minimum Gasteiger partial charge on any atom is -0.457 e. The van der Waals surface area contributed by atoms with Gasteiger partial charge < -0.3 is 13.6 Å². The van der Waals surface area contributed by atoms with Gasteiger partial charge in [0.15, 0.2) is 17.4 Å². The fourth-order valence-electron chi connectivity index (χ4n) is 2.51. The maximum Gasteiger partial charge on any atom is 0.178 e. The highest BCUT2D eigenvalue weighted by molar-refractivity contribution is 6.80. The van der Waals surface area contributed by atoms with E-state index in [1.54, 1.807) is 0 Å². The van der Waals surface area contributed by atoms with Crippen LogP contribution in [0.3, 0.4) is 0 Å². The van der Waals surface area contributed by atoms with E-state index >= 15 is 0 Å². The van der Waals surface area contributed by atoms with Crippen LogP contribution < -0.4 is 0 Å². The maximum atomic E-state index is 6.67. The van der Waals surface area contributed by atoms with Crippen LogP contribution in [-0.4, -0.2) is 43.3 Å². The van der Waals surface area contributed by atoms with E-state index in [9.17, 15) is 0 Å². The molecule has 5 heteroatoms. The van der Waals surface area contributed by atoms with Crippen molar-refractivity contribution < 1.29 is 13.6 Å². The molecule has 0 aromatic heterocycles. The molecule has 0 radical (unpaired) electrons. The van der Waals surface area contributed by atoms with Gasteiger partial charge in [-0.3, -0.25) is 0 Å². The highest BCUT2D eigenvalue weighted by Crippen LogP contribution is 2.26. The van der Waals surface area contributed by atoms with Crippen LogP contribution in [0.2, 0.25) is 30.2 Å². The van der Waals surface area contributed by atoms with E-state index in [4.69, 9.17) is 13.6 Å². The molecule has 0 saturated carbocycles. The monoisotopic (exact) mass is 304 g/mol. The van der Waals surface area contributed by atoms with Crippen LogP contribution in [0.1, 0.15) is 34.1 Å². The lowest BCUT2D eigenvalue weighted by atomic mass is 10.5. The molecule has 0 bridgehead atoms. The van der Waals surface area contributed by atoms with E-state index in [-0.39, 0.29) is 0 Å². The van der Waals surface area contributed by atoms with E-state index in [2.05, 4.69) is 27.7 Å². The number of rotatable bonds is 12. The highest BCUT2D eigenvalue weighted by Gasteiger charge is 2.32. The lowest BCUT2D eigenvalue weighted by Gasteiger charge is -2.33. The molecule has 114 valence electrons. The first kappa shape index (κ1) is 17.4. The van der Waals surface area contributed by atoms with Crippen LogP contribution in [-0.2, 0) is 13.6 Å². The first-order valence-electron chi connectivity index (χ1n) is 8.06. The van der Waals surface area contributed by atoms with Gasteiger partial charge in [0.05, 0.1) is 13.2 Å². The van der Waals surface area contributed by atoms with Crippen LogP contribution in [0.5, 0.6) is 0 Å². The molecule has 1 unspecified atom stereocenters. The summed E-state index contributed by atoms with van der Waals surface area (Å²) in [5.74, 6) is 0. The number of hydrogen-bond donors (Lipinski definition) is 0. The topological polar surface area (TPSA) is 31.0 Å². The Morgan fingerprint density at radius 3 is 2.26 bits per heavy atom. The fraction of sp³-hybridized carbons (Fsp3) is 1.00. The lowest BCUT2D eigenvalue weighted by molar-refractivity contribution is 0.116. The van der Waals surface area contributed by atoms with Gasteiger partial charge in [0.1, 0.15) is 6.10 Å². The Hall–Kier alpha value is 0.314. The summed E-state index contributed by atoms with van der Waals surface area (Å²) in [6.07, 6.45) is 1.56. The van der Waals surface area contributed by atoms with Crippen molar-refractivity contribution in [2.75, 3.05) is 19.8 Å². The molecule has 0 amide bonds. The molecule has 3 nitrogen and oxygen atoms in total. The van der Waals surface area contributed by atoms with Crippen molar-refractivity contribution in [1.29, 1.82) is 0 Å². The molecule has 1 saturated heterocycles. The quantitative estimate of drug-likeness (QED) is 0.314. The van der Waals surface area contributed by atoms with E-state index in [1.165, 1.54) is 30.2 Å². The molecule has 1 fully saturated rings. The van der Waals surface area contributed by atoms with Gasteiger partial charge in [-0.15, -0.1) is 0 Å². The Morgan fingerprint density at radius 2 is 1.79 bits per heavy atom. The molecule has 0 aromatic rings. The van der Waals surface area contributed by atoms with E-state index < -0.39 is 17.4 Å². The largest absolute Gasteiger partial charge is 0.457 e. The zero-order chi connectivity index (χ0) is 14.1. The van der Waals surface area contributed by atoms with Crippen molar-refractivity contribution in [2.45, 2.75) is 70.4 Å². The van der Waals surface area contributed by atoms with Gasteiger partial charge in [-0.25, -0.2) is 0 Å². The van der Waals surface area contributed by atoms with Crippen molar-refractivity contribution >= 4 is 17.4 Å². The van der Waals surface area contributed by atoms with Gasteiger partial charge in [0.2, 0.25) is 0 Å². The smallest absolute Gasteiger partial charge is 0.178 e. The second-order valence-electron chi connectivity index (χ2n) is 5.58. The Kier molecular flexibility index (Phi) is 8.49. The molecule has 19 heavy (non-hydrogen) atoms. The van der Waals surface area contributed by atoms with Crippen LogP contribution in [0.25, 0.3) is 0 Å².